The number of hydrogen-bond acceptors (Lipinski definition) is 6. The standard InChI is InChI=1S/C12H18N4O3/c13-15-11-7-9(16(17)18)8-12(14-11)19-10-5-3-1-2-4-6-10/h7-8,10H,1-6,13H2,(H,14,15). The van der Waals surface area contributed by atoms with Crippen LogP contribution in [0.4, 0.5) is 11.5 Å². The zero-order chi connectivity index (χ0) is 13.7. The summed E-state index contributed by atoms with van der Waals surface area (Å²) in [6.45, 7) is 0. The number of nitrogen functional groups attached to an aromatic ring is 1. The largest absolute Gasteiger partial charge is 0.474 e. The van der Waals surface area contributed by atoms with Gasteiger partial charge in [-0.2, -0.15) is 4.98 Å². The third-order valence-electron chi connectivity index (χ3n) is 3.23. The predicted molar refractivity (Wildman–Crippen MR) is 70.8 cm³/mol. The van der Waals surface area contributed by atoms with Crippen molar-refractivity contribution in [2.45, 2.75) is 44.6 Å². The molecule has 0 unspecified atom stereocenters. The quantitative estimate of drug-likeness (QED) is 0.375. The van der Waals surface area contributed by atoms with Crippen molar-refractivity contribution in [2.24, 2.45) is 5.84 Å². The van der Waals surface area contributed by atoms with E-state index in [0.717, 1.165) is 25.7 Å². The highest BCUT2D eigenvalue weighted by atomic mass is 16.6. The number of nitrogens with zero attached hydrogens (tertiary/aromatic N) is 2. The number of pyridine rings is 1. The summed E-state index contributed by atoms with van der Waals surface area (Å²) in [6.07, 6.45) is 6.72. The number of aromatic nitrogens is 1. The fourth-order valence-corrected chi connectivity index (χ4v) is 2.26. The molecule has 1 aliphatic carbocycles. The normalized spacial score (nSPS) is 16.7. The van der Waals surface area contributed by atoms with Crippen LogP contribution in [0.2, 0.25) is 0 Å². The molecule has 104 valence electrons. The summed E-state index contributed by atoms with van der Waals surface area (Å²) in [4.78, 5) is 14.4. The summed E-state index contributed by atoms with van der Waals surface area (Å²) in [7, 11) is 0. The minimum Gasteiger partial charge on any atom is -0.474 e. The fourth-order valence-electron chi connectivity index (χ4n) is 2.26. The number of nitrogens with two attached hydrogens (primary N) is 1. The van der Waals surface area contributed by atoms with Crippen LogP contribution < -0.4 is 16.0 Å². The third-order valence-corrected chi connectivity index (χ3v) is 3.23. The van der Waals surface area contributed by atoms with Crippen LogP contribution in [0.25, 0.3) is 0 Å². The molecule has 3 N–H and O–H groups in total. The molecule has 0 amide bonds. The van der Waals surface area contributed by atoms with E-state index < -0.39 is 4.92 Å². The molecule has 19 heavy (non-hydrogen) atoms. The topological polar surface area (TPSA) is 103 Å². The van der Waals surface area contributed by atoms with E-state index >= 15 is 0 Å². The summed E-state index contributed by atoms with van der Waals surface area (Å²) in [5.74, 6) is 5.75. The number of anilines is 1. The molecule has 0 atom stereocenters. The maximum Gasteiger partial charge on any atom is 0.278 e. The lowest BCUT2D eigenvalue weighted by Gasteiger charge is -2.16. The minimum absolute atomic E-state index is 0.0772. The van der Waals surface area contributed by atoms with Crippen molar-refractivity contribution >= 4 is 11.5 Å². The Kier molecular flexibility index (Phi) is 4.51. The number of ether oxygens (including phenoxy) is 1. The van der Waals surface area contributed by atoms with Gasteiger partial charge in [0, 0.05) is 0 Å². The number of rotatable bonds is 4. The van der Waals surface area contributed by atoms with Crippen molar-refractivity contribution in [3.05, 3.63) is 22.2 Å². The van der Waals surface area contributed by atoms with E-state index in [0.29, 0.717) is 0 Å². The molecule has 0 saturated heterocycles. The van der Waals surface area contributed by atoms with Crippen LogP contribution in [-0.4, -0.2) is 16.0 Å². The Morgan fingerprint density at radius 2 is 2.00 bits per heavy atom. The lowest BCUT2D eigenvalue weighted by atomic mass is 10.1. The van der Waals surface area contributed by atoms with E-state index in [1.54, 1.807) is 0 Å². The smallest absolute Gasteiger partial charge is 0.278 e. The Balaban J connectivity index is 2.13. The van der Waals surface area contributed by atoms with E-state index in [9.17, 15) is 10.1 Å². The molecule has 0 bridgehead atoms. The van der Waals surface area contributed by atoms with Crippen LogP contribution in [-0.2, 0) is 0 Å². The second-order valence-electron chi connectivity index (χ2n) is 4.68. The number of nitro groups is 1. The lowest BCUT2D eigenvalue weighted by Crippen LogP contribution is -2.17. The Morgan fingerprint density at radius 3 is 2.58 bits per heavy atom. The minimum atomic E-state index is -0.484. The zero-order valence-corrected chi connectivity index (χ0v) is 10.7. The molecule has 1 saturated carbocycles. The van der Waals surface area contributed by atoms with Crippen LogP contribution in [0.3, 0.4) is 0 Å². The van der Waals surface area contributed by atoms with Gasteiger partial charge in [-0.3, -0.25) is 10.1 Å². The van der Waals surface area contributed by atoms with E-state index in [2.05, 4.69) is 10.4 Å². The second kappa shape index (κ2) is 6.33. The van der Waals surface area contributed by atoms with Gasteiger partial charge < -0.3 is 10.2 Å². The molecule has 1 aromatic heterocycles. The maximum absolute atomic E-state index is 10.8. The molecule has 1 fully saturated rings. The van der Waals surface area contributed by atoms with Gasteiger partial charge in [-0.15, -0.1) is 0 Å². The fraction of sp³-hybridized carbons (Fsp3) is 0.583. The third kappa shape index (κ3) is 3.78. The van der Waals surface area contributed by atoms with E-state index in [1.165, 1.54) is 25.0 Å². The highest BCUT2D eigenvalue weighted by Gasteiger charge is 2.17. The van der Waals surface area contributed by atoms with Crippen molar-refractivity contribution in [3.8, 4) is 5.88 Å². The van der Waals surface area contributed by atoms with Crippen LogP contribution >= 0.6 is 0 Å². The number of hydrazine groups is 1. The van der Waals surface area contributed by atoms with Crippen molar-refractivity contribution in [3.63, 3.8) is 0 Å². The molecule has 0 aliphatic heterocycles. The van der Waals surface area contributed by atoms with Crippen molar-refractivity contribution in [2.75, 3.05) is 5.43 Å². The van der Waals surface area contributed by atoms with E-state index in [-0.39, 0.29) is 23.5 Å². The Bertz CT molecular complexity index is 445. The first-order valence-corrected chi connectivity index (χ1v) is 6.49. The van der Waals surface area contributed by atoms with Gasteiger partial charge in [-0.25, -0.2) is 5.84 Å². The molecule has 7 nitrogen and oxygen atoms in total. The van der Waals surface area contributed by atoms with Crippen molar-refractivity contribution < 1.29 is 9.66 Å². The summed E-state index contributed by atoms with van der Waals surface area (Å²) in [6, 6.07) is 2.62. The number of hydrogen-bond donors (Lipinski definition) is 2. The van der Waals surface area contributed by atoms with Crippen LogP contribution in [0, 0.1) is 10.1 Å². The Labute approximate surface area is 111 Å². The summed E-state index contributed by atoms with van der Waals surface area (Å²) in [5.41, 5.74) is 2.24. The van der Waals surface area contributed by atoms with Crippen LogP contribution in [0.5, 0.6) is 5.88 Å². The Hall–Kier alpha value is -1.89. The van der Waals surface area contributed by atoms with E-state index in [1.807, 2.05) is 0 Å². The van der Waals surface area contributed by atoms with Gasteiger partial charge in [0.2, 0.25) is 5.88 Å². The first-order chi connectivity index (χ1) is 9.19. The average Bonchev–Trinajstić information content (AvgIpc) is 2.67. The SMILES string of the molecule is NNc1cc([N+](=O)[O-])cc(OC2CCCCCC2)n1. The molecule has 1 aromatic rings. The average molecular weight is 266 g/mol. The van der Waals surface area contributed by atoms with Gasteiger partial charge in [0.05, 0.1) is 17.1 Å². The molecule has 1 heterocycles. The molecule has 0 radical (unpaired) electrons. The van der Waals surface area contributed by atoms with Crippen LogP contribution in [0.15, 0.2) is 12.1 Å². The molecular formula is C12H18N4O3. The first-order valence-electron chi connectivity index (χ1n) is 6.49. The molecule has 0 spiro atoms. The van der Waals surface area contributed by atoms with Gasteiger partial charge in [0.1, 0.15) is 6.10 Å². The highest BCUT2D eigenvalue weighted by Crippen LogP contribution is 2.26. The molecular weight excluding hydrogens is 248 g/mol. The van der Waals surface area contributed by atoms with Gasteiger partial charge in [0.25, 0.3) is 5.69 Å². The monoisotopic (exact) mass is 266 g/mol. The molecule has 7 heteroatoms. The first kappa shape index (κ1) is 13.5. The van der Waals surface area contributed by atoms with Gasteiger partial charge >= 0.3 is 0 Å². The summed E-state index contributed by atoms with van der Waals surface area (Å²) >= 11 is 0. The Morgan fingerprint density at radius 1 is 1.32 bits per heavy atom. The molecule has 0 aromatic carbocycles. The maximum atomic E-state index is 10.8. The number of nitrogens with one attached hydrogen (secondary N) is 1. The van der Waals surface area contributed by atoms with Gasteiger partial charge in [0.15, 0.2) is 5.82 Å². The van der Waals surface area contributed by atoms with E-state index in [4.69, 9.17) is 10.6 Å². The summed E-state index contributed by atoms with van der Waals surface area (Å²) < 4.78 is 5.76. The van der Waals surface area contributed by atoms with Crippen molar-refractivity contribution in [1.29, 1.82) is 0 Å². The van der Waals surface area contributed by atoms with Crippen LogP contribution in [0.1, 0.15) is 38.5 Å². The van der Waals surface area contributed by atoms with Gasteiger partial charge in [-0.1, -0.05) is 12.8 Å². The highest BCUT2D eigenvalue weighted by molar-refractivity contribution is 5.47. The lowest BCUT2D eigenvalue weighted by molar-refractivity contribution is -0.384. The second-order valence-corrected chi connectivity index (χ2v) is 4.68. The van der Waals surface area contributed by atoms with Gasteiger partial charge in [-0.05, 0) is 25.7 Å². The summed E-state index contributed by atoms with van der Waals surface area (Å²) in [5, 5.41) is 10.8. The molecule has 1 aliphatic rings. The zero-order valence-electron chi connectivity index (χ0n) is 10.7. The molecule has 2 rings (SSSR count). The predicted octanol–water partition coefficient (Wildman–Crippen LogP) is 2.38. The van der Waals surface area contributed by atoms with Crippen molar-refractivity contribution in [1.82, 2.24) is 4.98 Å².